The van der Waals surface area contributed by atoms with Gasteiger partial charge in [0.15, 0.2) is 0 Å². The Bertz CT molecular complexity index is 1130. The normalized spacial score (nSPS) is 11.4. The maximum absolute atomic E-state index is 12.9. The molecule has 2 aromatic carbocycles. The number of H-pyrrole nitrogens is 1. The minimum atomic E-state index is -0.0101. The van der Waals surface area contributed by atoms with Crippen molar-refractivity contribution in [1.82, 2.24) is 14.9 Å². The molecule has 4 nitrogen and oxygen atoms in total. The third kappa shape index (κ3) is 3.01. The summed E-state index contributed by atoms with van der Waals surface area (Å²) in [5.74, 6) is -0.0101. The van der Waals surface area contributed by atoms with Crippen molar-refractivity contribution in [2.24, 2.45) is 7.05 Å². The van der Waals surface area contributed by atoms with Crippen LogP contribution in [0.2, 0.25) is 0 Å². The number of nitrogens with one attached hydrogen (secondary N) is 2. The smallest absolute Gasteiger partial charge is 0.268 e. The van der Waals surface area contributed by atoms with Crippen molar-refractivity contribution in [2.75, 3.05) is 6.54 Å². The molecular formula is C23H25N3O. The number of aryl methyl sites for hydroxylation is 3. The molecule has 0 fully saturated rings. The number of hydrogen-bond acceptors (Lipinski definition) is 1. The topological polar surface area (TPSA) is 49.8 Å². The lowest BCUT2D eigenvalue weighted by molar-refractivity contribution is 0.0946. The maximum Gasteiger partial charge on any atom is 0.268 e. The number of para-hydroxylation sites is 1. The average molecular weight is 359 g/mol. The highest BCUT2D eigenvalue weighted by Gasteiger charge is 2.18. The van der Waals surface area contributed by atoms with Crippen molar-refractivity contribution in [3.05, 3.63) is 71.0 Å². The van der Waals surface area contributed by atoms with E-state index in [1.54, 1.807) is 0 Å². The molecule has 4 aromatic rings. The second-order valence-electron chi connectivity index (χ2n) is 7.10. The SMILES string of the molecule is CCc1ccc2c(c1)c(C)c(C(=O)NCCc1c[nH]c3ccccc13)n2C. The van der Waals surface area contributed by atoms with E-state index in [-0.39, 0.29) is 5.91 Å². The molecule has 2 aromatic heterocycles. The van der Waals surface area contributed by atoms with Crippen molar-refractivity contribution in [2.45, 2.75) is 26.7 Å². The molecule has 27 heavy (non-hydrogen) atoms. The van der Waals surface area contributed by atoms with Gasteiger partial charge in [-0.25, -0.2) is 0 Å². The molecule has 0 aliphatic rings. The molecule has 0 saturated heterocycles. The van der Waals surface area contributed by atoms with E-state index in [2.05, 4.69) is 47.6 Å². The number of benzene rings is 2. The zero-order chi connectivity index (χ0) is 19.0. The molecule has 2 heterocycles. The van der Waals surface area contributed by atoms with Gasteiger partial charge in [0.05, 0.1) is 0 Å². The molecule has 0 unspecified atom stereocenters. The van der Waals surface area contributed by atoms with Crippen LogP contribution in [0.3, 0.4) is 0 Å². The number of hydrogen-bond donors (Lipinski definition) is 2. The number of rotatable bonds is 5. The molecule has 0 aliphatic carbocycles. The fourth-order valence-corrected chi connectivity index (χ4v) is 3.95. The van der Waals surface area contributed by atoms with Crippen LogP contribution in [0, 0.1) is 6.92 Å². The third-order valence-corrected chi connectivity index (χ3v) is 5.50. The van der Waals surface area contributed by atoms with E-state index in [4.69, 9.17) is 0 Å². The van der Waals surface area contributed by atoms with Crippen molar-refractivity contribution in [3.63, 3.8) is 0 Å². The Morgan fingerprint density at radius 2 is 1.96 bits per heavy atom. The lowest BCUT2D eigenvalue weighted by atomic mass is 10.1. The lowest BCUT2D eigenvalue weighted by Gasteiger charge is -2.07. The van der Waals surface area contributed by atoms with Crippen LogP contribution in [0.15, 0.2) is 48.7 Å². The van der Waals surface area contributed by atoms with E-state index < -0.39 is 0 Å². The summed E-state index contributed by atoms with van der Waals surface area (Å²) in [6.45, 7) is 4.80. The average Bonchev–Trinajstić information content (AvgIpc) is 3.21. The lowest BCUT2D eigenvalue weighted by Crippen LogP contribution is -2.28. The van der Waals surface area contributed by atoms with Crippen molar-refractivity contribution in [1.29, 1.82) is 0 Å². The molecule has 0 saturated carbocycles. The predicted molar refractivity (Wildman–Crippen MR) is 111 cm³/mol. The monoisotopic (exact) mass is 359 g/mol. The largest absolute Gasteiger partial charge is 0.361 e. The Morgan fingerprint density at radius 1 is 1.15 bits per heavy atom. The van der Waals surface area contributed by atoms with Gasteiger partial charge >= 0.3 is 0 Å². The molecule has 0 atom stereocenters. The summed E-state index contributed by atoms with van der Waals surface area (Å²) in [6, 6.07) is 14.7. The van der Waals surface area contributed by atoms with Crippen LogP contribution >= 0.6 is 0 Å². The van der Waals surface area contributed by atoms with Crippen LogP contribution in [0.4, 0.5) is 0 Å². The number of amides is 1. The molecule has 4 rings (SSSR count). The predicted octanol–water partition coefficient (Wildman–Crippen LogP) is 4.50. The van der Waals surface area contributed by atoms with E-state index in [1.165, 1.54) is 21.9 Å². The van der Waals surface area contributed by atoms with Gasteiger partial charge in [-0.3, -0.25) is 4.79 Å². The zero-order valence-electron chi connectivity index (χ0n) is 16.1. The summed E-state index contributed by atoms with van der Waals surface area (Å²) < 4.78 is 2.01. The molecule has 0 radical (unpaired) electrons. The van der Waals surface area contributed by atoms with Gasteiger partial charge in [-0.05, 0) is 54.7 Å². The molecule has 0 aliphatic heterocycles. The van der Waals surface area contributed by atoms with E-state index in [0.717, 1.165) is 35.1 Å². The van der Waals surface area contributed by atoms with E-state index in [0.29, 0.717) is 6.54 Å². The van der Waals surface area contributed by atoms with Gasteiger partial charge in [0.1, 0.15) is 5.69 Å². The van der Waals surface area contributed by atoms with Crippen LogP contribution in [0.1, 0.15) is 34.1 Å². The van der Waals surface area contributed by atoms with Crippen molar-refractivity contribution < 1.29 is 4.79 Å². The third-order valence-electron chi connectivity index (χ3n) is 5.50. The number of aromatic amines is 1. The highest BCUT2D eigenvalue weighted by molar-refractivity contribution is 6.01. The summed E-state index contributed by atoms with van der Waals surface area (Å²) in [4.78, 5) is 16.2. The van der Waals surface area contributed by atoms with Gasteiger partial charge in [-0.2, -0.15) is 0 Å². The van der Waals surface area contributed by atoms with Crippen LogP contribution in [-0.4, -0.2) is 22.0 Å². The Morgan fingerprint density at radius 3 is 2.78 bits per heavy atom. The molecular weight excluding hydrogens is 334 g/mol. The Hall–Kier alpha value is -3.01. The van der Waals surface area contributed by atoms with Crippen LogP contribution < -0.4 is 5.32 Å². The molecule has 2 N–H and O–H groups in total. The summed E-state index contributed by atoms with van der Waals surface area (Å²) in [5.41, 5.74) is 6.56. The fraction of sp³-hybridized carbons (Fsp3) is 0.261. The summed E-state index contributed by atoms with van der Waals surface area (Å²) >= 11 is 0. The van der Waals surface area contributed by atoms with Crippen LogP contribution in [0.5, 0.6) is 0 Å². The van der Waals surface area contributed by atoms with Gasteiger partial charge in [-0.1, -0.05) is 31.2 Å². The maximum atomic E-state index is 12.9. The highest BCUT2D eigenvalue weighted by atomic mass is 16.1. The minimum absolute atomic E-state index is 0.0101. The number of carbonyl (C=O) groups is 1. The van der Waals surface area contributed by atoms with Gasteiger partial charge in [-0.15, -0.1) is 0 Å². The first kappa shape index (κ1) is 17.4. The number of carbonyl (C=O) groups excluding carboxylic acids is 1. The van der Waals surface area contributed by atoms with E-state index >= 15 is 0 Å². The number of fused-ring (bicyclic) bond motifs is 2. The van der Waals surface area contributed by atoms with Crippen molar-refractivity contribution >= 4 is 27.7 Å². The highest BCUT2D eigenvalue weighted by Crippen LogP contribution is 2.26. The minimum Gasteiger partial charge on any atom is -0.361 e. The number of nitrogens with zero attached hydrogens (tertiary/aromatic N) is 1. The standard InChI is InChI=1S/C23H25N3O/c1-4-16-9-10-21-19(13-16)15(2)22(26(21)3)23(27)24-12-11-17-14-25-20-8-6-5-7-18(17)20/h5-10,13-14,25H,4,11-12H2,1-3H3,(H,24,27). The Labute approximate surface area is 159 Å². The number of aromatic nitrogens is 2. The van der Waals surface area contributed by atoms with Gasteiger partial charge < -0.3 is 14.9 Å². The zero-order valence-corrected chi connectivity index (χ0v) is 16.1. The van der Waals surface area contributed by atoms with Gasteiger partial charge in [0.2, 0.25) is 0 Å². The van der Waals surface area contributed by atoms with Gasteiger partial charge in [0, 0.05) is 41.6 Å². The second kappa shape index (κ2) is 6.95. The summed E-state index contributed by atoms with van der Waals surface area (Å²) in [5, 5.41) is 5.49. The van der Waals surface area contributed by atoms with Crippen molar-refractivity contribution in [3.8, 4) is 0 Å². The molecule has 0 bridgehead atoms. The Kier molecular flexibility index (Phi) is 4.48. The van der Waals surface area contributed by atoms with E-state index in [1.807, 2.05) is 36.9 Å². The van der Waals surface area contributed by atoms with Crippen LogP contribution in [0.25, 0.3) is 21.8 Å². The first-order valence-corrected chi connectivity index (χ1v) is 9.51. The van der Waals surface area contributed by atoms with Gasteiger partial charge in [0.25, 0.3) is 5.91 Å². The first-order valence-electron chi connectivity index (χ1n) is 9.51. The Balaban J connectivity index is 1.53. The molecule has 0 spiro atoms. The second-order valence-corrected chi connectivity index (χ2v) is 7.10. The van der Waals surface area contributed by atoms with Crippen LogP contribution in [-0.2, 0) is 19.9 Å². The summed E-state index contributed by atoms with van der Waals surface area (Å²) in [7, 11) is 1.97. The molecule has 138 valence electrons. The first-order chi connectivity index (χ1) is 13.1. The summed E-state index contributed by atoms with van der Waals surface area (Å²) in [6.07, 6.45) is 3.83. The fourth-order valence-electron chi connectivity index (χ4n) is 3.95. The quantitative estimate of drug-likeness (QED) is 0.541. The molecule has 4 heteroatoms. The molecule has 1 amide bonds. The van der Waals surface area contributed by atoms with E-state index in [9.17, 15) is 4.79 Å².